The smallest absolute Gasteiger partial charge is 0.260 e. The predicted octanol–water partition coefficient (Wildman–Crippen LogP) is 3.89. The number of rotatable bonds is 1. The number of benzene rings is 1. The molecule has 0 saturated carbocycles. The van der Waals surface area contributed by atoms with Gasteiger partial charge in [-0.3, -0.25) is 9.78 Å². The lowest BCUT2D eigenvalue weighted by Crippen LogP contribution is -2.26. The molecule has 0 amide bonds. The van der Waals surface area contributed by atoms with E-state index >= 15 is 0 Å². The van der Waals surface area contributed by atoms with Gasteiger partial charge in [0.1, 0.15) is 0 Å². The van der Waals surface area contributed by atoms with Crippen LogP contribution in [-0.4, -0.2) is 14.7 Å². The van der Waals surface area contributed by atoms with Crippen molar-refractivity contribution in [1.82, 2.24) is 9.55 Å². The molecule has 0 bridgehead atoms. The molecular weight excluding hydrogens is 332 g/mol. The van der Waals surface area contributed by atoms with Gasteiger partial charge in [0, 0.05) is 17.4 Å². The maximum Gasteiger partial charge on any atom is 0.260 e. The van der Waals surface area contributed by atoms with Gasteiger partial charge < -0.3 is 9.67 Å². The summed E-state index contributed by atoms with van der Waals surface area (Å²) in [6.07, 6.45) is 1.88. The van der Waals surface area contributed by atoms with E-state index in [1.807, 2.05) is 10.6 Å². The third kappa shape index (κ3) is 2.09. The van der Waals surface area contributed by atoms with E-state index in [-0.39, 0.29) is 5.56 Å². The Labute approximate surface area is 148 Å². The van der Waals surface area contributed by atoms with Gasteiger partial charge in [0.15, 0.2) is 0 Å². The van der Waals surface area contributed by atoms with Crippen LogP contribution in [0.2, 0.25) is 0 Å². The summed E-state index contributed by atoms with van der Waals surface area (Å²) in [6.45, 7) is 2.36. The van der Waals surface area contributed by atoms with Crippen LogP contribution in [0.4, 0.5) is 0 Å². The zero-order chi connectivity index (χ0) is 17.1. The largest absolute Gasteiger partial charge is 0.389 e. The number of pyridine rings is 2. The van der Waals surface area contributed by atoms with Crippen molar-refractivity contribution in [3.8, 4) is 10.6 Å². The second-order valence-electron chi connectivity index (χ2n) is 6.52. The molecule has 124 valence electrons. The lowest BCUT2D eigenvalue weighted by Gasteiger charge is -2.20. The Morgan fingerprint density at radius 2 is 2.08 bits per heavy atom. The highest BCUT2D eigenvalue weighted by Gasteiger charge is 2.23. The Morgan fingerprint density at radius 1 is 1.24 bits per heavy atom. The molecule has 4 nitrogen and oxygen atoms in total. The van der Waals surface area contributed by atoms with Gasteiger partial charge in [0.05, 0.1) is 27.6 Å². The molecule has 1 unspecified atom stereocenters. The number of nitrogens with zero attached hydrogens (tertiary/aromatic N) is 2. The highest BCUT2D eigenvalue weighted by atomic mass is 32.1. The molecule has 1 aliphatic heterocycles. The highest BCUT2D eigenvalue weighted by Crippen LogP contribution is 2.41. The highest BCUT2D eigenvalue weighted by molar-refractivity contribution is 7.22. The molecule has 1 N–H and O–H groups in total. The van der Waals surface area contributed by atoms with Crippen molar-refractivity contribution in [2.75, 3.05) is 0 Å². The fourth-order valence-corrected chi connectivity index (χ4v) is 4.93. The maximum absolute atomic E-state index is 13.0. The minimum Gasteiger partial charge on any atom is -0.389 e. The van der Waals surface area contributed by atoms with E-state index < -0.39 is 6.10 Å². The number of aryl methyl sites for hydroxylation is 1. The quantitative estimate of drug-likeness (QED) is 0.568. The summed E-state index contributed by atoms with van der Waals surface area (Å²) < 4.78 is 3.11. The second-order valence-corrected chi connectivity index (χ2v) is 7.57. The number of thiophene rings is 1. The maximum atomic E-state index is 13.0. The van der Waals surface area contributed by atoms with Gasteiger partial charge in [-0.2, -0.15) is 0 Å². The van der Waals surface area contributed by atoms with E-state index in [1.165, 1.54) is 20.5 Å². The number of aliphatic hydroxyl groups excluding tert-OH is 1. The zero-order valence-electron chi connectivity index (χ0n) is 13.7. The van der Waals surface area contributed by atoms with E-state index in [4.69, 9.17) is 0 Å². The average Bonchev–Trinajstić information content (AvgIpc) is 3.01. The number of aliphatic hydroxyl groups is 1. The van der Waals surface area contributed by atoms with Crippen LogP contribution in [-0.2, 0) is 13.0 Å². The first-order chi connectivity index (χ1) is 12.1. The molecule has 0 radical (unpaired) electrons. The third-order valence-corrected chi connectivity index (χ3v) is 6.21. The van der Waals surface area contributed by atoms with Crippen LogP contribution in [0.25, 0.3) is 31.6 Å². The van der Waals surface area contributed by atoms with Crippen molar-refractivity contribution in [1.29, 1.82) is 0 Å². The molecule has 1 aliphatic rings. The minimum absolute atomic E-state index is 0.0226. The molecule has 4 aromatic rings. The van der Waals surface area contributed by atoms with E-state index in [1.54, 1.807) is 30.5 Å². The summed E-state index contributed by atoms with van der Waals surface area (Å²) in [7, 11) is 0. The van der Waals surface area contributed by atoms with Gasteiger partial charge in [-0.25, -0.2) is 0 Å². The molecule has 5 heteroatoms. The Balaban J connectivity index is 1.83. The van der Waals surface area contributed by atoms with Crippen molar-refractivity contribution in [2.24, 2.45) is 0 Å². The average molecular weight is 348 g/mol. The topological polar surface area (TPSA) is 55.1 Å². The van der Waals surface area contributed by atoms with Crippen molar-refractivity contribution in [3.63, 3.8) is 0 Å². The van der Waals surface area contributed by atoms with Gasteiger partial charge in [-0.15, -0.1) is 11.3 Å². The fourth-order valence-electron chi connectivity index (χ4n) is 3.66. The molecule has 0 fully saturated rings. The van der Waals surface area contributed by atoms with Gasteiger partial charge in [0.2, 0.25) is 0 Å². The van der Waals surface area contributed by atoms with Crippen LogP contribution >= 0.6 is 11.3 Å². The molecule has 1 aromatic carbocycles. The standard InChI is InChI=1S/C20H16N2O2S/c1-11(23)12-8-15-16(21-10-12)9-17-19-14(6-7-22(17)20(15)24)13-4-2-3-5-18(13)25-19/h2-5,8-11,23H,6-7H2,1H3. The molecule has 5 rings (SSSR count). The van der Waals surface area contributed by atoms with Crippen molar-refractivity contribution in [2.45, 2.75) is 26.0 Å². The second kappa shape index (κ2) is 5.25. The number of aromatic nitrogens is 2. The first kappa shape index (κ1) is 14.8. The summed E-state index contributed by atoms with van der Waals surface area (Å²) in [4.78, 5) is 18.6. The van der Waals surface area contributed by atoms with E-state index in [2.05, 4.69) is 29.2 Å². The summed E-state index contributed by atoms with van der Waals surface area (Å²) in [6, 6.07) is 12.2. The predicted molar refractivity (Wildman–Crippen MR) is 101 cm³/mol. The summed E-state index contributed by atoms with van der Waals surface area (Å²) >= 11 is 1.74. The van der Waals surface area contributed by atoms with Crippen molar-refractivity contribution in [3.05, 3.63) is 64.1 Å². The number of hydrogen-bond donors (Lipinski definition) is 1. The van der Waals surface area contributed by atoms with E-state index in [0.29, 0.717) is 23.0 Å². The minimum atomic E-state index is -0.633. The SMILES string of the molecule is CC(O)c1cnc2cc3n(c(=O)c2c1)CCc1c-3sc2ccccc12. The summed E-state index contributed by atoms with van der Waals surface area (Å²) in [5, 5.41) is 11.6. The molecule has 0 saturated heterocycles. The van der Waals surface area contributed by atoms with Crippen LogP contribution in [0.1, 0.15) is 24.2 Å². The van der Waals surface area contributed by atoms with Gasteiger partial charge in [-0.1, -0.05) is 18.2 Å². The Morgan fingerprint density at radius 3 is 2.92 bits per heavy atom. The van der Waals surface area contributed by atoms with Crippen LogP contribution in [0, 0.1) is 0 Å². The lowest BCUT2D eigenvalue weighted by atomic mass is 10.0. The van der Waals surface area contributed by atoms with Crippen LogP contribution in [0.15, 0.2) is 47.4 Å². The van der Waals surface area contributed by atoms with Crippen LogP contribution in [0.5, 0.6) is 0 Å². The zero-order valence-corrected chi connectivity index (χ0v) is 14.5. The Bertz CT molecular complexity index is 1200. The molecule has 1 atom stereocenters. The molecule has 0 aliphatic carbocycles. The number of hydrogen-bond acceptors (Lipinski definition) is 4. The van der Waals surface area contributed by atoms with Gasteiger partial charge >= 0.3 is 0 Å². The summed E-state index contributed by atoms with van der Waals surface area (Å²) in [5.74, 6) is 0. The normalized spacial score (nSPS) is 14.5. The Hall–Kier alpha value is -2.50. The number of fused-ring (bicyclic) bond motifs is 6. The Kier molecular flexibility index (Phi) is 3.11. The van der Waals surface area contributed by atoms with Crippen LogP contribution in [0.3, 0.4) is 0 Å². The van der Waals surface area contributed by atoms with E-state index in [0.717, 1.165) is 12.1 Å². The third-order valence-electron chi connectivity index (χ3n) is 4.98. The summed E-state index contributed by atoms with van der Waals surface area (Å²) in [5.41, 5.74) is 3.62. The van der Waals surface area contributed by atoms with E-state index in [9.17, 15) is 9.90 Å². The van der Waals surface area contributed by atoms with Crippen molar-refractivity contribution < 1.29 is 5.11 Å². The van der Waals surface area contributed by atoms with Gasteiger partial charge in [0.25, 0.3) is 5.56 Å². The molecule has 25 heavy (non-hydrogen) atoms. The van der Waals surface area contributed by atoms with Crippen LogP contribution < -0.4 is 5.56 Å². The monoisotopic (exact) mass is 348 g/mol. The molecule has 3 aromatic heterocycles. The van der Waals surface area contributed by atoms with Gasteiger partial charge in [-0.05, 0) is 48.1 Å². The molecular formula is C20H16N2O2S. The first-order valence-electron chi connectivity index (χ1n) is 8.36. The molecule has 0 spiro atoms. The first-order valence-corrected chi connectivity index (χ1v) is 9.17. The molecule has 4 heterocycles. The lowest BCUT2D eigenvalue weighted by molar-refractivity contribution is 0.199. The fraction of sp³-hybridized carbons (Fsp3) is 0.200. The van der Waals surface area contributed by atoms with Crippen molar-refractivity contribution >= 4 is 32.3 Å².